The summed E-state index contributed by atoms with van der Waals surface area (Å²) in [7, 11) is 0. The Labute approximate surface area is 174 Å². The Bertz CT molecular complexity index is 1090. The average Bonchev–Trinajstić information content (AvgIpc) is 2.75. The van der Waals surface area contributed by atoms with E-state index < -0.39 is 17.0 Å². The fourth-order valence-corrected chi connectivity index (χ4v) is 2.82. The lowest BCUT2D eigenvalue weighted by molar-refractivity contribution is -0.384. The fraction of sp³-hybridized carbons (Fsp3) is 0.174. The summed E-state index contributed by atoms with van der Waals surface area (Å²) >= 11 is 0. The van der Waals surface area contributed by atoms with E-state index in [0.29, 0.717) is 16.9 Å². The number of azo groups is 1. The van der Waals surface area contributed by atoms with Crippen LogP contribution in [-0.4, -0.2) is 10.9 Å². The van der Waals surface area contributed by atoms with E-state index in [1.165, 1.54) is 24.3 Å². The molecule has 0 amide bonds. The number of hydrogen-bond acceptors (Lipinski definition) is 6. The van der Waals surface area contributed by atoms with Gasteiger partial charge in [0.25, 0.3) is 5.69 Å². The molecule has 0 aliphatic rings. The van der Waals surface area contributed by atoms with Crippen molar-refractivity contribution in [3.63, 3.8) is 0 Å². The Kier molecular flexibility index (Phi) is 6.32. The molecule has 3 aromatic rings. The van der Waals surface area contributed by atoms with Crippen molar-refractivity contribution >= 4 is 23.0 Å². The number of non-ortho nitro benzene ring substituents is 1. The summed E-state index contributed by atoms with van der Waals surface area (Å²) in [6.45, 7) is 5.64. The lowest BCUT2D eigenvalue weighted by atomic mass is 10.0. The fourth-order valence-electron chi connectivity index (χ4n) is 2.82. The van der Waals surface area contributed by atoms with Gasteiger partial charge in [-0.2, -0.15) is 5.11 Å². The molecule has 0 fully saturated rings. The van der Waals surface area contributed by atoms with Gasteiger partial charge in [-0.3, -0.25) is 10.1 Å². The van der Waals surface area contributed by atoms with Crippen molar-refractivity contribution in [2.75, 3.05) is 0 Å². The van der Waals surface area contributed by atoms with Crippen LogP contribution in [0, 0.1) is 24.0 Å². The molecule has 3 rings (SSSR count). The molecule has 152 valence electrons. The molecule has 0 radical (unpaired) electrons. The zero-order valence-electron chi connectivity index (χ0n) is 16.9. The quantitative estimate of drug-likeness (QED) is 0.202. The normalized spacial score (nSPS) is 12.0. The molecule has 0 aromatic heterocycles. The van der Waals surface area contributed by atoms with E-state index in [-0.39, 0.29) is 5.69 Å². The largest absolute Gasteiger partial charge is 0.454 e. The van der Waals surface area contributed by atoms with Crippen LogP contribution in [0.4, 0.5) is 17.1 Å². The van der Waals surface area contributed by atoms with Gasteiger partial charge in [-0.15, -0.1) is 5.11 Å². The number of nitro groups is 1. The molecule has 0 aliphatic carbocycles. The molecule has 1 atom stereocenters. The average molecular weight is 403 g/mol. The summed E-state index contributed by atoms with van der Waals surface area (Å²) in [5, 5.41) is 19.1. The Balaban J connectivity index is 1.86. The summed E-state index contributed by atoms with van der Waals surface area (Å²) < 4.78 is 5.64. The first kappa shape index (κ1) is 20.9. The monoisotopic (exact) mass is 403 g/mol. The third kappa shape index (κ3) is 4.94. The number of nitro benzene ring substituents is 1. The van der Waals surface area contributed by atoms with Gasteiger partial charge in [-0.25, -0.2) is 4.79 Å². The van der Waals surface area contributed by atoms with Crippen LogP contribution in [0.2, 0.25) is 0 Å². The lowest BCUT2D eigenvalue weighted by Crippen LogP contribution is -2.10. The van der Waals surface area contributed by atoms with E-state index >= 15 is 0 Å². The molecule has 0 spiro atoms. The van der Waals surface area contributed by atoms with Gasteiger partial charge in [0.15, 0.2) is 0 Å². The maximum Gasteiger partial charge on any atom is 0.341 e. The van der Waals surface area contributed by atoms with Crippen LogP contribution in [0.1, 0.15) is 40.1 Å². The molecule has 7 heteroatoms. The predicted molar refractivity (Wildman–Crippen MR) is 113 cm³/mol. The summed E-state index contributed by atoms with van der Waals surface area (Å²) in [5.74, 6) is -0.493. The van der Waals surface area contributed by atoms with Crippen LogP contribution in [0.15, 0.2) is 77.0 Å². The first-order valence-electron chi connectivity index (χ1n) is 9.38. The van der Waals surface area contributed by atoms with Gasteiger partial charge in [0.2, 0.25) is 0 Å². The molecule has 0 N–H and O–H groups in total. The number of carbonyl (C=O) groups is 1. The smallest absolute Gasteiger partial charge is 0.341 e. The van der Waals surface area contributed by atoms with Gasteiger partial charge in [0.1, 0.15) is 11.8 Å². The molecule has 3 aromatic carbocycles. The zero-order chi connectivity index (χ0) is 21.7. The molecule has 30 heavy (non-hydrogen) atoms. The molecule has 1 unspecified atom stereocenters. The molecular weight excluding hydrogens is 382 g/mol. The zero-order valence-corrected chi connectivity index (χ0v) is 16.9. The van der Waals surface area contributed by atoms with Crippen LogP contribution in [-0.2, 0) is 4.74 Å². The third-order valence-corrected chi connectivity index (χ3v) is 4.72. The molecule has 0 heterocycles. The number of carbonyl (C=O) groups excluding carboxylic acids is 1. The highest BCUT2D eigenvalue weighted by atomic mass is 16.6. The van der Waals surface area contributed by atoms with Crippen molar-refractivity contribution in [1.29, 1.82) is 0 Å². The van der Waals surface area contributed by atoms with E-state index in [0.717, 1.165) is 16.7 Å². The van der Waals surface area contributed by atoms with Crippen molar-refractivity contribution in [3.05, 3.63) is 99.1 Å². The van der Waals surface area contributed by atoms with E-state index in [2.05, 4.69) is 10.2 Å². The lowest BCUT2D eigenvalue weighted by Gasteiger charge is -2.15. The van der Waals surface area contributed by atoms with Gasteiger partial charge in [-0.05, 0) is 61.7 Å². The number of rotatable bonds is 6. The highest BCUT2D eigenvalue weighted by molar-refractivity contribution is 5.95. The summed E-state index contributed by atoms with van der Waals surface area (Å²) in [6, 6.07) is 18.7. The maximum absolute atomic E-state index is 12.8. The second-order valence-corrected chi connectivity index (χ2v) is 6.89. The molecule has 7 nitrogen and oxygen atoms in total. The second kappa shape index (κ2) is 9.09. The number of aryl methyl sites for hydroxylation is 2. The highest BCUT2D eigenvalue weighted by Gasteiger charge is 2.18. The Hall–Kier alpha value is -3.87. The van der Waals surface area contributed by atoms with E-state index in [9.17, 15) is 14.9 Å². The van der Waals surface area contributed by atoms with Crippen LogP contribution in [0.5, 0.6) is 0 Å². The topological polar surface area (TPSA) is 94.2 Å². The van der Waals surface area contributed by atoms with Gasteiger partial charge >= 0.3 is 5.97 Å². The Morgan fingerprint density at radius 2 is 1.60 bits per heavy atom. The molecule has 0 saturated heterocycles. The molecule has 0 saturated carbocycles. The van der Waals surface area contributed by atoms with Crippen LogP contribution < -0.4 is 0 Å². The number of ether oxygens (including phenoxy) is 1. The van der Waals surface area contributed by atoms with Gasteiger partial charge < -0.3 is 4.74 Å². The number of nitrogens with zero attached hydrogens (tertiary/aromatic N) is 3. The van der Waals surface area contributed by atoms with Crippen molar-refractivity contribution in [2.45, 2.75) is 26.9 Å². The SMILES string of the molecule is Cc1cc(N=Nc2ccc([N+](=O)[O-])cc2)c(C(=O)OC(C)c2ccccc2)cc1C. The van der Waals surface area contributed by atoms with Gasteiger partial charge in [-0.1, -0.05) is 30.3 Å². The summed E-state index contributed by atoms with van der Waals surface area (Å²) in [6.07, 6.45) is -0.417. The van der Waals surface area contributed by atoms with Gasteiger partial charge in [0, 0.05) is 12.1 Å². The molecule has 0 bridgehead atoms. The minimum atomic E-state index is -0.493. The van der Waals surface area contributed by atoms with Gasteiger partial charge in [0.05, 0.1) is 16.2 Å². The minimum Gasteiger partial charge on any atom is -0.454 e. The van der Waals surface area contributed by atoms with Crippen molar-refractivity contribution in [1.82, 2.24) is 0 Å². The number of esters is 1. The molecule has 0 aliphatic heterocycles. The predicted octanol–water partition coefficient (Wildman–Crippen LogP) is 6.55. The second-order valence-electron chi connectivity index (χ2n) is 6.89. The van der Waals surface area contributed by atoms with Crippen LogP contribution in [0.3, 0.4) is 0 Å². The standard InChI is InChI=1S/C23H21N3O4/c1-15-13-21(23(27)30-17(3)18-7-5-4-6-8-18)22(14-16(15)2)25-24-19-9-11-20(12-10-19)26(28)29/h4-14,17H,1-3H3. The summed E-state index contributed by atoms with van der Waals surface area (Å²) in [5.41, 5.74) is 3.89. The summed E-state index contributed by atoms with van der Waals surface area (Å²) in [4.78, 5) is 23.1. The first-order valence-corrected chi connectivity index (χ1v) is 9.38. The minimum absolute atomic E-state index is 0.0284. The third-order valence-electron chi connectivity index (χ3n) is 4.72. The Morgan fingerprint density at radius 1 is 0.967 bits per heavy atom. The first-order chi connectivity index (χ1) is 14.3. The van der Waals surface area contributed by atoms with E-state index in [4.69, 9.17) is 4.74 Å². The van der Waals surface area contributed by atoms with E-state index in [1.807, 2.05) is 51.1 Å². The number of benzene rings is 3. The van der Waals surface area contributed by atoms with Crippen molar-refractivity contribution in [2.24, 2.45) is 10.2 Å². The number of hydrogen-bond donors (Lipinski definition) is 0. The van der Waals surface area contributed by atoms with Crippen LogP contribution >= 0.6 is 0 Å². The van der Waals surface area contributed by atoms with Crippen LogP contribution in [0.25, 0.3) is 0 Å². The molecular formula is C23H21N3O4. The van der Waals surface area contributed by atoms with Crippen molar-refractivity contribution < 1.29 is 14.5 Å². The van der Waals surface area contributed by atoms with Crippen molar-refractivity contribution in [3.8, 4) is 0 Å². The highest BCUT2D eigenvalue weighted by Crippen LogP contribution is 2.29. The van der Waals surface area contributed by atoms with E-state index in [1.54, 1.807) is 12.1 Å². The maximum atomic E-state index is 12.8. The Morgan fingerprint density at radius 3 is 2.23 bits per heavy atom.